The van der Waals surface area contributed by atoms with E-state index in [4.69, 9.17) is 9.47 Å². The van der Waals surface area contributed by atoms with E-state index in [0.717, 1.165) is 64.2 Å². The van der Waals surface area contributed by atoms with Gasteiger partial charge in [0.1, 0.15) is 6.61 Å². The van der Waals surface area contributed by atoms with E-state index in [-0.39, 0.29) is 25.2 Å². The number of hydrogen-bond donors (Lipinski definition) is 1. The van der Waals surface area contributed by atoms with Gasteiger partial charge in [0.25, 0.3) is 0 Å². The third-order valence-corrected chi connectivity index (χ3v) is 8.94. The van der Waals surface area contributed by atoms with Gasteiger partial charge in [0.05, 0.1) is 6.61 Å². The highest BCUT2D eigenvalue weighted by Gasteiger charge is 2.16. The van der Waals surface area contributed by atoms with Crippen LogP contribution in [0, 0.1) is 0 Å². The molecule has 0 rings (SSSR count). The first kappa shape index (κ1) is 46.1. The fourth-order valence-corrected chi connectivity index (χ4v) is 5.80. The number of unbranched alkanes of at least 4 members (excludes halogenated alkanes) is 23. The quantitative estimate of drug-likeness (QED) is 0.0403. The first-order chi connectivity index (χ1) is 23.6. The Morgan fingerprint density at radius 3 is 1.29 bits per heavy atom. The van der Waals surface area contributed by atoms with Crippen LogP contribution in [0.15, 0.2) is 36.5 Å². The molecule has 0 spiro atoms. The number of hydrogen-bond acceptors (Lipinski definition) is 5. The van der Waals surface area contributed by atoms with Crippen molar-refractivity contribution in [2.45, 2.75) is 213 Å². The van der Waals surface area contributed by atoms with Crippen LogP contribution in [-0.4, -0.2) is 36.4 Å². The molecule has 1 N–H and O–H groups in total. The van der Waals surface area contributed by atoms with Gasteiger partial charge in [-0.25, -0.2) is 0 Å². The van der Waals surface area contributed by atoms with Gasteiger partial charge in [0, 0.05) is 12.8 Å². The lowest BCUT2D eigenvalue weighted by atomic mass is 10.0. The molecule has 0 bridgehead atoms. The van der Waals surface area contributed by atoms with Crippen LogP contribution >= 0.6 is 0 Å². The van der Waals surface area contributed by atoms with E-state index >= 15 is 0 Å². The maximum Gasteiger partial charge on any atom is 0.306 e. The zero-order valence-corrected chi connectivity index (χ0v) is 31.7. The molecule has 280 valence electrons. The van der Waals surface area contributed by atoms with E-state index in [1.165, 1.54) is 116 Å². The predicted molar refractivity (Wildman–Crippen MR) is 205 cm³/mol. The molecule has 0 fully saturated rings. The Morgan fingerprint density at radius 2 is 0.833 bits per heavy atom. The number of allylic oxidation sites excluding steroid dienone is 6. The van der Waals surface area contributed by atoms with Gasteiger partial charge in [-0.15, -0.1) is 0 Å². The maximum atomic E-state index is 12.2. The molecular weight excluding hydrogens is 596 g/mol. The summed E-state index contributed by atoms with van der Waals surface area (Å²) in [5.41, 5.74) is 0. The van der Waals surface area contributed by atoms with Crippen LogP contribution in [0.4, 0.5) is 0 Å². The molecule has 5 nitrogen and oxygen atoms in total. The van der Waals surface area contributed by atoms with Gasteiger partial charge in [-0.2, -0.15) is 0 Å². The summed E-state index contributed by atoms with van der Waals surface area (Å²) in [6.07, 6.45) is 47.7. The highest BCUT2D eigenvalue weighted by Crippen LogP contribution is 2.15. The van der Waals surface area contributed by atoms with Crippen LogP contribution in [0.5, 0.6) is 0 Å². The molecule has 0 aromatic carbocycles. The summed E-state index contributed by atoms with van der Waals surface area (Å²) in [6.45, 7) is 4.10. The SMILES string of the molecule is CCCCC/C=C/C/C=C/C/C=C/CCCCCCC(=O)O[C@@H](CO)COC(=O)CCCCCCCCCCCCCCCCCCC. The molecule has 1 atom stereocenters. The maximum absolute atomic E-state index is 12.2. The fourth-order valence-electron chi connectivity index (χ4n) is 5.80. The van der Waals surface area contributed by atoms with Gasteiger partial charge >= 0.3 is 11.9 Å². The first-order valence-corrected chi connectivity index (χ1v) is 20.5. The summed E-state index contributed by atoms with van der Waals surface area (Å²) in [4.78, 5) is 24.3. The topological polar surface area (TPSA) is 72.8 Å². The fraction of sp³-hybridized carbons (Fsp3) is 0.814. The van der Waals surface area contributed by atoms with E-state index in [1.54, 1.807) is 0 Å². The van der Waals surface area contributed by atoms with Gasteiger partial charge < -0.3 is 14.6 Å². The molecule has 0 heterocycles. The van der Waals surface area contributed by atoms with Crippen molar-refractivity contribution in [3.8, 4) is 0 Å². The van der Waals surface area contributed by atoms with Gasteiger partial charge in [-0.3, -0.25) is 9.59 Å². The highest BCUT2D eigenvalue weighted by atomic mass is 16.6. The molecule has 5 heteroatoms. The van der Waals surface area contributed by atoms with Crippen molar-refractivity contribution < 1.29 is 24.2 Å². The number of esters is 2. The second-order valence-corrected chi connectivity index (χ2v) is 13.7. The van der Waals surface area contributed by atoms with E-state index in [1.807, 2.05) is 0 Å². The van der Waals surface area contributed by atoms with Crippen LogP contribution in [0.2, 0.25) is 0 Å². The van der Waals surface area contributed by atoms with Crippen LogP contribution in [-0.2, 0) is 19.1 Å². The molecular formula is C43H78O5. The number of aliphatic hydroxyl groups excluding tert-OH is 1. The molecule has 0 saturated heterocycles. The Bertz CT molecular complexity index is 771. The Kier molecular flexibility index (Phi) is 38.0. The smallest absolute Gasteiger partial charge is 0.306 e. The van der Waals surface area contributed by atoms with Gasteiger partial charge in [0.2, 0.25) is 0 Å². The van der Waals surface area contributed by atoms with Gasteiger partial charge in [-0.05, 0) is 51.4 Å². The van der Waals surface area contributed by atoms with Crippen molar-refractivity contribution in [1.82, 2.24) is 0 Å². The summed E-state index contributed by atoms with van der Waals surface area (Å²) >= 11 is 0. The molecule has 0 radical (unpaired) electrons. The number of aliphatic hydroxyl groups is 1. The summed E-state index contributed by atoms with van der Waals surface area (Å²) in [5, 5.41) is 9.56. The summed E-state index contributed by atoms with van der Waals surface area (Å²) < 4.78 is 10.6. The number of rotatable bonds is 37. The van der Waals surface area contributed by atoms with Crippen LogP contribution in [0.3, 0.4) is 0 Å². The van der Waals surface area contributed by atoms with Crippen LogP contribution in [0.1, 0.15) is 206 Å². The molecule has 0 aromatic rings. The lowest BCUT2D eigenvalue weighted by Gasteiger charge is -2.15. The summed E-state index contributed by atoms with van der Waals surface area (Å²) in [5.74, 6) is -0.610. The molecule has 0 amide bonds. The van der Waals surface area contributed by atoms with E-state index < -0.39 is 6.10 Å². The summed E-state index contributed by atoms with van der Waals surface area (Å²) in [6, 6.07) is 0. The Morgan fingerprint density at radius 1 is 0.479 bits per heavy atom. The van der Waals surface area contributed by atoms with E-state index in [2.05, 4.69) is 50.3 Å². The zero-order valence-electron chi connectivity index (χ0n) is 31.7. The number of carbonyl (C=O) groups excluding carboxylic acids is 2. The number of ether oxygens (including phenoxy) is 2. The molecule has 48 heavy (non-hydrogen) atoms. The van der Waals surface area contributed by atoms with Crippen molar-refractivity contribution in [3.63, 3.8) is 0 Å². The zero-order chi connectivity index (χ0) is 35.0. The lowest BCUT2D eigenvalue weighted by molar-refractivity contribution is -0.161. The monoisotopic (exact) mass is 675 g/mol. The van der Waals surface area contributed by atoms with Crippen molar-refractivity contribution in [1.29, 1.82) is 0 Å². The molecule has 0 saturated carbocycles. The molecule has 0 unspecified atom stereocenters. The Balaban J connectivity index is 3.57. The minimum atomic E-state index is -0.780. The van der Waals surface area contributed by atoms with E-state index in [9.17, 15) is 14.7 Å². The second-order valence-electron chi connectivity index (χ2n) is 13.7. The third-order valence-electron chi connectivity index (χ3n) is 8.94. The first-order valence-electron chi connectivity index (χ1n) is 20.5. The minimum Gasteiger partial charge on any atom is -0.462 e. The van der Waals surface area contributed by atoms with Crippen molar-refractivity contribution in [2.75, 3.05) is 13.2 Å². The molecule has 0 aliphatic heterocycles. The lowest BCUT2D eigenvalue weighted by Crippen LogP contribution is -2.28. The largest absolute Gasteiger partial charge is 0.462 e. The van der Waals surface area contributed by atoms with Crippen LogP contribution in [0.25, 0.3) is 0 Å². The highest BCUT2D eigenvalue weighted by molar-refractivity contribution is 5.70. The standard InChI is InChI=1S/C43H78O5/c1-3-5-7-9-11-13-15-17-19-21-23-25-27-29-31-33-35-37-42(45)47-40-41(39-44)48-43(46)38-36-34-32-30-28-26-24-22-20-18-16-14-12-10-8-6-4-2/h12,14,18,20,24,26,41,44H,3-11,13,15-17,19,21-23,25,27-40H2,1-2H3/b14-12+,20-18+,26-24+/t41-/m0/s1. The average Bonchev–Trinajstić information content (AvgIpc) is 3.09. The van der Waals surface area contributed by atoms with Crippen molar-refractivity contribution in [2.24, 2.45) is 0 Å². The molecule has 0 aliphatic carbocycles. The van der Waals surface area contributed by atoms with Crippen molar-refractivity contribution in [3.05, 3.63) is 36.5 Å². The minimum absolute atomic E-state index is 0.0721. The predicted octanol–water partition coefficient (Wildman–Crippen LogP) is 12.8. The van der Waals surface area contributed by atoms with Gasteiger partial charge in [-0.1, -0.05) is 179 Å². The summed E-state index contributed by atoms with van der Waals surface area (Å²) in [7, 11) is 0. The Labute approximate surface area is 297 Å². The normalized spacial score (nSPS) is 12.5. The third kappa shape index (κ3) is 36.9. The Hall–Kier alpha value is -1.88. The van der Waals surface area contributed by atoms with Crippen molar-refractivity contribution >= 4 is 11.9 Å². The molecule has 0 aliphatic rings. The van der Waals surface area contributed by atoms with Crippen LogP contribution < -0.4 is 0 Å². The van der Waals surface area contributed by atoms with Gasteiger partial charge in [0.15, 0.2) is 6.10 Å². The average molecular weight is 675 g/mol. The van der Waals surface area contributed by atoms with E-state index in [0.29, 0.717) is 12.8 Å². The molecule has 0 aromatic heterocycles. The number of carbonyl (C=O) groups is 2. The second kappa shape index (κ2) is 39.6.